The number of hydrogen-bond acceptors (Lipinski definition) is 4. The zero-order valence-corrected chi connectivity index (χ0v) is 10.6. The molecule has 1 aromatic rings. The van der Waals surface area contributed by atoms with Gasteiger partial charge in [-0.3, -0.25) is 0 Å². The van der Waals surface area contributed by atoms with Crippen LogP contribution in [0.3, 0.4) is 0 Å². The molecule has 0 amide bonds. The fraction of sp³-hybridized carbons (Fsp3) is 0.692. The maximum absolute atomic E-state index is 6.36. The molecule has 4 nitrogen and oxygen atoms in total. The van der Waals surface area contributed by atoms with Crippen molar-refractivity contribution in [1.82, 2.24) is 9.97 Å². The van der Waals surface area contributed by atoms with Gasteiger partial charge in [-0.2, -0.15) is 0 Å². The van der Waals surface area contributed by atoms with Gasteiger partial charge in [0.15, 0.2) is 0 Å². The summed E-state index contributed by atoms with van der Waals surface area (Å²) in [5.41, 5.74) is 7.54. The van der Waals surface area contributed by atoms with Crippen LogP contribution < -0.4 is 10.6 Å². The molecule has 1 aliphatic carbocycles. The molecule has 92 valence electrons. The minimum absolute atomic E-state index is 0.0607. The van der Waals surface area contributed by atoms with Crippen molar-refractivity contribution in [3.63, 3.8) is 0 Å². The molecule has 0 unspecified atom stereocenters. The van der Waals surface area contributed by atoms with Crippen LogP contribution in [0.1, 0.15) is 31.3 Å². The van der Waals surface area contributed by atoms with Gasteiger partial charge in [0, 0.05) is 24.8 Å². The van der Waals surface area contributed by atoms with Gasteiger partial charge in [0.25, 0.3) is 0 Å². The summed E-state index contributed by atoms with van der Waals surface area (Å²) >= 11 is 0. The highest BCUT2D eigenvalue weighted by Gasteiger charge is 2.50. The second-order valence-electron chi connectivity index (χ2n) is 5.48. The summed E-state index contributed by atoms with van der Waals surface area (Å²) in [6, 6.07) is 2.10. The van der Waals surface area contributed by atoms with E-state index in [9.17, 15) is 0 Å². The Hall–Kier alpha value is -1.16. The third kappa shape index (κ3) is 1.90. The molecule has 2 fully saturated rings. The van der Waals surface area contributed by atoms with E-state index in [-0.39, 0.29) is 5.54 Å². The van der Waals surface area contributed by atoms with E-state index >= 15 is 0 Å². The third-order valence-corrected chi connectivity index (χ3v) is 3.92. The molecule has 1 saturated heterocycles. The van der Waals surface area contributed by atoms with E-state index in [4.69, 9.17) is 5.73 Å². The van der Waals surface area contributed by atoms with Crippen LogP contribution in [0.4, 0.5) is 5.82 Å². The van der Waals surface area contributed by atoms with E-state index in [1.165, 1.54) is 12.8 Å². The summed E-state index contributed by atoms with van der Waals surface area (Å²) in [6.07, 6.45) is 3.58. The van der Waals surface area contributed by atoms with Crippen molar-refractivity contribution < 1.29 is 0 Å². The summed E-state index contributed by atoms with van der Waals surface area (Å²) in [4.78, 5) is 11.2. The predicted octanol–water partition coefficient (Wildman–Crippen LogP) is 1.27. The second kappa shape index (κ2) is 3.67. The molecule has 2 heterocycles. The molecule has 0 aromatic carbocycles. The molecule has 4 heteroatoms. The lowest BCUT2D eigenvalue weighted by atomic mass is 9.86. The quantitative estimate of drug-likeness (QED) is 0.853. The number of aryl methyl sites for hydroxylation is 2. The maximum atomic E-state index is 6.36. The molecule has 2 aliphatic rings. The highest BCUT2D eigenvalue weighted by molar-refractivity contribution is 5.46. The lowest BCUT2D eigenvalue weighted by Gasteiger charge is -2.49. The van der Waals surface area contributed by atoms with Crippen LogP contribution in [0, 0.1) is 12.8 Å². The Morgan fingerprint density at radius 2 is 2.12 bits per heavy atom. The molecule has 2 N–H and O–H groups in total. The van der Waals surface area contributed by atoms with Crippen LogP contribution in [-0.2, 0) is 6.42 Å². The molecule has 0 radical (unpaired) electrons. The smallest absolute Gasteiger partial charge is 0.132 e. The van der Waals surface area contributed by atoms with E-state index in [0.29, 0.717) is 0 Å². The fourth-order valence-corrected chi connectivity index (χ4v) is 2.70. The van der Waals surface area contributed by atoms with Crippen molar-refractivity contribution in [2.45, 2.75) is 38.6 Å². The van der Waals surface area contributed by atoms with Crippen LogP contribution in [0.2, 0.25) is 0 Å². The number of nitrogens with zero attached hydrogens (tertiary/aromatic N) is 3. The summed E-state index contributed by atoms with van der Waals surface area (Å²) in [5, 5.41) is 0. The number of rotatable bonds is 3. The van der Waals surface area contributed by atoms with Crippen LogP contribution in [0.15, 0.2) is 6.07 Å². The number of nitrogens with two attached hydrogens (primary N) is 1. The Labute approximate surface area is 102 Å². The zero-order valence-electron chi connectivity index (χ0n) is 10.6. The lowest BCUT2D eigenvalue weighted by molar-refractivity contribution is 0.289. The molecular formula is C13H20N4. The van der Waals surface area contributed by atoms with Crippen LogP contribution in [0.25, 0.3) is 0 Å². The van der Waals surface area contributed by atoms with Crippen molar-refractivity contribution in [3.8, 4) is 0 Å². The number of hydrogen-bond donors (Lipinski definition) is 1. The minimum atomic E-state index is 0.0607. The Bertz CT molecular complexity index is 433. The summed E-state index contributed by atoms with van der Waals surface area (Å²) in [6.45, 7) is 5.99. The highest BCUT2D eigenvalue weighted by atomic mass is 15.3. The van der Waals surface area contributed by atoms with Crippen LogP contribution >= 0.6 is 0 Å². The highest BCUT2D eigenvalue weighted by Crippen LogP contribution is 2.43. The van der Waals surface area contributed by atoms with Gasteiger partial charge in [0.1, 0.15) is 11.6 Å². The average Bonchev–Trinajstić information content (AvgIpc) is 3.07. The first-order valence-electron chi connectivity index (χ1n) is 6.49. The van der Waals surface area contributed by atoms with Crippen LogP contribution in [-0.4, -0.2) is 28.6 Å². The molecule has 17 heavy (non-hydrogen) atoms. The van der Waals surface area contributed by atoms with Gasteiger partial charge >= 0.3 is 0 Å². The molecule has 3 rings (SSSR count). The van der Waals surface area contributed by atoms with Gasteiger partial charge in [0.05, 0.1) is 5.54 Å². The SMILES string of the molecule is CCc1cc(N2CC(N)(C3CC3)C2)nc(C)n1. The Balaban J connectivity index is 1.75. The van der Waals surface area contributed by atoms with Gasteiger partial charge in [-0.15, -0.1) is 0 Å². The van der Waals surface area contributed by atoms with E-state index in [2.05, 4.69) is 27.9 Å². The van der Waals surface area contributed by atoms with E-state index < -0.39 is 0 Å². The van der Waals surface area contributed by atoms with Crippen molar-refractivity contribution in [2.75, 3.05) is 18.0 Å². The first-order chi connectivity index (χ1) is 8.10. The van der Waals surface area contributed by atoms with Gasteiger partial charge in [-0.1, -0.05) is 6.92 Å². The van der Waals surface area contributed by atoms with Crippen molar-refractivity contribution >= 4 is 5.82 Å². The Morgan fingerprint density at radius 3 is 2.71 bits per heavy atom. The van der Waals surface area contributed by atoms with E-state index in [1.807, 2.05) is 6.92 Å². The summed E-state index contributed by atoms with van der Waals surface area (Å²) < 4.78 is 0. The van der Waals surface area contributed by atoms with Gasteiger partial charge in [-0.05, 0) is 32.1 Å². The Kier molecular flexibility index (Phi) is 2.36. The average molecular weight is 232 g/mol. The molecule has 1 saturated carbocycles. The molecular weight excluding hydrogens is 212 g/mol. The first kappa shape index (κ1) is 11.0. The topological polar surface area (TPSA) is 55.0 Å². The van der Waals surface area contributed by atoms with Crippen molar-refractivity contribution in [3.05, 3.63) is 17.6 Å². The summed E-state index contributed by atoms with van der Waals surface area (Å²) in [7, 11) is 0. The van der Waals surface area contributed by atoms with E-state index in [1.54, 1.807) is 0 Å². The lowest BCUT2D eigenvalue weighted by Crippen LogP contribution is -2.69. The van der Waals surface area contributed by atoms with Gasteiger partial charge < -0.3 is 10.6 Å². The van der Waals surface area contributed by atoms with Gasteiger partial charge in [-0.25, -0.2) is 9.97 Å². The maximum Gasteiger partial charge on any atom is 0.132 e. The summed E-state index contributed by atoms with van der Waals surface area (Å²) in [5.74, 6) is 2.67. The van der Waals surface area contributed by atoms with Crippen molar-refractivity contribution in [1.29, 1.82) is 0 Å². The fourth-order valence-electron chi connectivity index (χ4n) is 2.70. The standard InChI is InChI=1S/C13H20N4/c1-3-11-6-12(16-9(2)15-11)17-7-13(14,8-17)10-4-5-10/h6,10H,3-5,7-8,14H2,1-2H3. The Morgan fingerprint density at radius 1 is 1.41 bits per heavy atom. The predicted molar refractivity (Wildman–Crippen MR) is 68.0 cm³/mol. The van der Waals surface area contributed by atoms with Gasteiger partial charge in [0.2, 0.25) is 0 Å². The molecule has 0 spiro atoms. The zero-order chi connectivity index (χ0) is 12.0. The number of anilines is 1. The monoisotopic (exact) mass is 232 g/mol. The van der Waals surface area contributed by atoms with Crippen molar-refractivity contribution in [2.24, 2.45) is 11.7 Å². The minimum Gasteiger partial charge on any atom is -0.353 e. The number of aromatic nitrogens is 2. The molecule has 1 aliphatic heterocycles. The molecule has 1 aromatic heterocycles. The van der Waals surface area contributed by atoms with E-state index in [0.717, 1.165) is 42.8 Å². The van der Waals surface area contributed by atoms with Crippen LogP contribution in [0.5, 0.6) is 0 Å². The third-order valence-electron chi connectivity index (χ3n) is 3.92. The second-order valence-corrected chi connectivity index (χ2v) is 5.48. The normalized spacial score (nSPS) is 22.4. The molecule has 0 atom stereocenters. The largest absolute Gasteiger partial charge is 0.353 e. The molecule has 0 bridgehead atoms. The first-order valence-corrected chi connectivity index (χ1v) is 6.49.